The van der Waals surface area contributed by atoms with Crippen molar-refractivity contribution in [2.24, 2.45) is 5.92 Å². The molecule has 3 aromatic rings. The van der Waals surface area contributed by atoms with E-state index in [9.17, 15) is 14.7 Å². The van der Waals surface area contributed by atoms with Gasteiger partial charge in [0, 0.05) is 50.7 Å². The second kappa shape index (κ2) is 8.40. The molecule has 9 heteroatoms. The van der Waals surface area contributed by atoms with Gasteiger partial charge in [-0.3, -0.25) is 14.7 Å². The molecule has 0 spiro atoms. The van der Waals surface area contributed by atoms with Crippen LogP contribution in [-0.4, -0.2) is 68.1 Å². The van der Waals surface area contributed by atoms with Crippen molar-refractivity contribution >= 4 is 11.9 Å². The number of hydrogen-bond acceptors (Lipinski definition) is 7. The van der Waals surface area contributed by atoms with Crippen LogP contribution in [0.5, 0.6) is 0 Å². The van der Waals surface area contributed by atoms with E-state index in [1.54, 1.807) is 30.2 Å². The molecule has 2 aromatic heterocycles. The van der Waals surface area contributed by atoms with Crippen LogP contribution in [0.15, 0.2) is 53.3 Å². The summed E-state index contributed by atoms with van der Waals surface area (Å²) in [5.41, 5.74) is 1.13. The number of carbonyl (C=O) groups is 2. The maximum atomic E-state index is 13.4. The number of carbonyl (C=O) groups excluding carboxylic acids is 1. The topological polar surface area (TPSA) is 113 Å². The van der Waals surface area contributed by atoms with E-state index < -0.39 is 11.4 Å². The summed E-state index contributed by atoms with van der Waals surface area (Å²) in [6.07, 6.45) is 4.44. The van der Waals surface area contributed by atoms with Crippen molar-refractivity contribution in [3.63, 3.8) is 0 Å². The van der Waals surface area contributed by atoms with Crippen LogP contribution in [0.4, 0.5) is 0 Å². The highest BCUT2D eigenvalue weighted by atomic mass is 16.5. The Hall–Kier alpha value is -3.59. The highest BCUT2D eigenvalue weighted by Crippen LogP contribution is 2.44. The average Bonchev–Trinajstić information content (AvgIpc) is 3.42. The van der Waals surface area contributed by atoms with Crippen LogP contribution in [0.3, 0.4) is 0 Å². The Bertz CT molecular complexity index is 1180. The number of nitrogens with zero attached hydrogens (tertiary/aromatic N) is 5. The van der Waals surface area contributed by atoms with Gasteiger partial charge in [-0.05, 0) is 49.1 Å². The zero-order valence-corrected chi connectivity index (χ0v) is 18.3. The number of aromatic nitrogens is 3. The molecule has 0 saturated carbocycles. The minimum absolute atomic E-state index is 0.0986. The Morgan fingerprint density at radius 3 is 2.79 bits per heavy atom. The summed E-state index contributed by atoms with van der Waals surface area (Å²) >= 11 is 0. The fraction of sp³-hybridized carbons (Fsp3) is 0.375. The minimum atomic E-state index is -1.05. The van der Waals surface area contributed by atoms with Crippen molar-refractivity contribution in [3.8, 4) is 0 Å². The van der Waals surface area contributed by atoms with E-state index in [0.29, 0.717) is 36.9 Å². The second-order valence-corrected chi connectivity index (χ2v) is 8.93. The minimum Gasteiger partial charge on any atom is -0.478 e. The third-order valence-electron chi connectivity index (χ3n) is 6.71. The van der Waals surface area contributed by atoms with Crippen molar-refractivity contribution in [1.29, 1.82) is 0 Å². The van der Waals surface area contributed by atoms with Gasteiger partial charge in [0.1, 0.15) is 0 Å². The first-order chi connectivity index (χ1) is 15.9. The van der Waals surface area contributed by atoms with E-state index >= 15 is 0 Å². The predicted molar refractivity (Wildman–Crippen MR) is 118 cm³/mol. The highest BCUT2D eigenvalue weighted by Gasteiger charge is 2.55. The van der Waals surface area contributed by atoms with Crippen LogP contribution < -0.4 is 0 Å². The number of piperidine rings is 1. The maximum absolute atomic E-state index is 13.4. The molecule has 5 rings (SSSR count). The van der Waals surface area contributed by atoms with Crippen molar-refractivity contribution < 1.29 is 19.2 Å². The normalized spacial score (nSPS) is 22.8. The monoisotopic (exact) mass is 447 g/mol. The zero-order chi connectivity index (χ0) is 23.0. The van der Waals surface area contributed by atoms with Gasteiger partial charge >= 0.3 is 5.97 Å². The van der Waals surface area contributed by atoms with Crippen molar-refractivity contribution in [1.82, 2.24) is 24.9 Å². The molecule has 2 fully saturated rings. The lowest BCUT2D eigenvalue weighted by Gasteiger charge is -2.41. The number of benzene rings is 1. The Morgan fingerprint density at radius 1 is 1.21 bits per heavy atom. The van der Waals surface area contributed by atoms with Crippen molar-refractivity contribution in [3.05, 3.63) is 77.2 Å². The van der Waals surface area contributed by atoms with Crippen molar-refractivity contribution in [2.45, 2.75) is 25.3 Å². The number of carboxylic acid groups (broad SMARTS) is 1. The molecule has 2 aliphatic heterocycles. The molecule has 0 aliphatic carbocycles. The van der Waals surface area contributed by atoms with E-state index in [0.717, 1.165) is 25.1 Å². The summed E-state index contributed by atoms with van der Waals surface area (Å²) in [6, 6.07) is 10.2. The van der Waals surface area contributed by atoms with E-state index in [2.05, 4.69) is 26.1 Å². The lowest BCUT2D eigenvalue weighted by Crippen LogP contribution is -2.53. The van der Waals surface area contributed by atoms with E-state index in [1.165, 1.54) is 12.1 Å². The molecule has 2 atom stereocenters. The van der Waals surface area contributed by atoms with Gasteiger partial charge in [-0.25, -0.2) is 4.79 Å². The van der Waals surface area contributed by atoms with Crippen LogP contribution in [0.2, 0.25) is 0 Å². The number of amides is 1. The first-order valence-electron chi connectivity index (χ1n) is 11.0. The van der Waals surface area contributed by atoms with Gasteiger partial charge in [0.05, 0.1) is 11.0 Å². The molecule has 4 heterocycles. The quantitative estimate of drug-likeness (QED) is 0.634. The highest BCUT2D eigenvalue weighted by molar-refractivity contribution is 5.97. The molecule has 0 radical (unpaired) electrons. The Kier molecular flexibility index (Phi) is 5.41. The second-order valence-electron chi connectivity index (χ2n) is 8.93. The summed E-state index contributed by atoms with van der Waals surface area (Å²) in [5, 5.41) is 13.3. The molecule has 9 nitrogen and oxygen atoms in total. The van der Waals surface area contributed by atoms with Gasteiger partial charge in [-0.2, -0.15) is 4.98 Å². The van der Waals surface area contributed by atoms with Gasteiger partial charge in [-0.15, -0.1) is 0 Å². The first-order valence-corrected chi connectivity index (χ1v) is 11.0. The third kappa shape index (κ3) is 4.00. The molecule has 0 bridgehead atoms. The summed E-state index contributed by atoms with van der Waals surface area (Å²) in [4.78, 5) is 37.7. The standard InChI is InChI=1S/C24H25N5O4/c1-16-26-23(33-27-16)24-14-28(12-17-4-3-8-25-11-17)13-20(24)7-9-29(15-24)21(30)18-5-2-6-19(10-18)22(31)32/h2-6,8,10-11,20H,7,9,12-15H2,1H3,(H,31,32)/t20-,24+/m0/s1. The van der Waals surface area contributed by atoms with Gasteiger partial charge in [-0.1, -0.05) is 17.3 Å². The Morgan fingerprint density at radius 2 is 2.06 bits per heavy atom. The number of rotatable bonds is 5. The van der Waals surface area contributed by atoms with Crippen LogP contribution in [-0.2, 0) is 12.0 Å². The van der Waals surface area contributed by atoms with E-state index in [4.69, 9.17) is 4.52 Å². The van der Waals surface area contributed by atoms with Crippen molar-refractivity contribution in [2.75, 3.05) is 26.2 Å². The summed E-state index contributed by atoms with van der Waals surface area (Å²) in [6.45, 7) is 5.15. The number of hydrogen-bond donors (Lipinski definition) is 1. The number of likely N-dealkylation sites (tertiary alicyclic amines) is 2. The number of pyridine rings is 1. The summed E-state index contributed by atoms with van der Waals surface area (Å²) in [5.74, 6) is 0.168. The molecular formula is C24H25N5O4. The Labute approximate surface area is 191 Å². The lowest BCUT2D eigenvalue weighted by molar-refractivity contribution is 0.0536. The number of fused-ring (bicyclic) bond motifs is 1. The van der Waals surface area contributed by atoms with Crippen LogP contribution >= 0.6 is 0 Å². The molecule has 170 valence electrons. The fourth-order valence-corrected chi connectivity index (χ4v) is 5.18. The van der Waals surface area contributed by atoms with Gasteiger partial charge in [0.25, 0.3) is 5.91 Å². The van der Waals surface area contributed by atoms with Gasteiger partial charge in [0.2, 0.25) is 5.89 Å². The molecule has 0 unspecified atom stereocenters. The Balaban J connectivity index is 1.43. The lowest BCUT2D eigenvalue weighted by atomic mass is 9.73. The maximum Gasteiger partial charge on any atom is 0.335 e. The number of aromatic carboxylic acids is 1. The summed E-state index contributed by atoms with van der Waals surface area (Å²) < 4.78 is 5.68. The summed E-state index contributed by atoms with van der Waals surface area (Å²) in [7, 11) is 0. The molecule has 2 saturated heterocycles. The number of aryl methyl sites for hydroxylation is 1. The largest absolute Gasteiger partial charge is 0.478 e. The predicted octanol–water partition coefficient (Wildman–Crippen LogP) is 2.39. The van der Waals surface area contributed by atoms with Crippen LogP contribution in [0.25, 0.3) is 0 Å². The van der Waals surface area contributed by atoms with E-state index in [1.807, 2.05) is 12.3 Å². The zero-order valence-electron chi connectivity index (χ0n) is 18.3. The molecule has 1 aromatic carbocycles. The third-order valence-corrected chi connectivity index (χ3v) is 6.71. The van der Waals surface area contributed by atoms with Crippen LogP contribution in [0, 0.1) is 12.8 Å². The molecular weight excluding hydrogens is 422 g/mol. The molecule has 1 amide bonds. The SMILES string of the molecule is Cc1noc([C@@]23CN(Cc4cccnc4)C[C@@H]2CCN(C(=O)c2cccc(C(=O)O)c2)C3)n1. The number of carboxylic acids is 1. The average molecular weight is 447 g/mol. The van der Waals surface area contributed by atoms with Gasteiger partial charge < -0.3 is 14.5 Å². The van der Waals surface area contributed by atoms with E-state index in [-0.39, 0.29) is 17.4 Å². The smallest absolute Gasteiger partial charge is 0.335 e. The molecule has 2 aliphatic rings. The molecule has 1 N–H and O–H groups in total. The first kappa shape index (κ1) is 21.3. The van der Waals surface area contributed by atoms with Crippen LogP contribution in [0.1, 0.15) is 44.4 Å². The molecule has 33 heavy (non-hydrogen) atoms. The van der Waals surface area contributed by atoms with Gasteiger partial charge in [0.15, 0.2) is 5.82 Å². The fourth-order valence-electron chi connectivity index (χ4n) is 5.18.